The van der Waals surface area contributed by atoms with E-state index in [-0.39, 0.29) is 16.6 Å². The van der Waals surface area contributed by atoms with Crippen molar-refractivity contribution in [2.24, 2.45) is 0 Å². The van der Waals surface area contributed by atoms with E-state index in [2.05, 4.69) is 20.2 Å². The SMILES string of the molecule is CNS(=O)(=O)c1ccc(NC2CCc3[nH]ncc3C2)c([N+](=O)[O-])c1. The van der Waals surface area contributed by atoms with Crippen molar-refractivity contribution in [1.82, 2.24) is 14.9 Å². The number of aryl methyl sites for hydroxylation is 1. The normalized spacial score (nSPS) is 17.3. The summed E-state index contributed by atoms with van der Waals surface area (Å²) in [5, 5.41) is 21.4. The Morgan fingerprint density at radius 2 is 2.21 bits per heavy atom. The Morgan fingerprint density at radius 3 is 2.92 bits per heavy atom. The number of sulfonamides is 1. The fourth-order valence-electron chi connectivity index (χ4n) is 2.83. The van der Waals surface area contributed by atoms with E-state index in [1.54, 1.807) is 6.20 Å². The second-order valence-corrected chi connectivity index (χ2v) is 7.49. The number of nitro groups is 1. The number of aromatic nitrogens is 2. The molecule has 0 bridgehead atoms. The zero-order chi connectivity index (χ0) is 17.3. The van der Waals surface area contributed by atoms with E-state index in [9.17, 15) is 18.5 Å². The molecule has 0 saturated heterocycles. The van der Waals surface area contributed by atoms with Crippen LogP contribution in [0.4, 0.5) is 11.4 Å². The number of nitrogens with zero attached hydrogens (tertiary/aromatic N) is 2. The summed E-state index contributed by atoms with van der Waals surface area (Å²) in [7, 11) is -2.47. The summed E-state index contributed by atoms with van der Waals surface area (Å²) < 4.78 is 25.8. The lowest BCUT2D eigenvalue weighted by Gasteiger charge is -2.23. The number of nitro benzene ring substituents is 1. The number of hydrogen-bond donors (Lipinski definition) is 3. The molecule has 1 atom stereocenters. The summed E-state index contributed by atoms with van der Waals surface area (Å²) in [5.74, 6) is 0. The van der Waals surface area contributed by atoms with E-state index in [1.807, 2.05) is 0 Å². The highest BCUT2D eigenvalue weighted by Crippen LogP contribution is 2.30. The fraction of sp³-hybridized carbons (Fsp3) is 0.357. The summed E-state index contributed by atoms with van der Waals surface area (Å²) in [5.41, 5.74) is 2.24. The van der Waals surface area contributed by atoms with Gasteiger partial charge in [0.15, 0.2) is 0 Å². The zero-order valence-electron chi connectivity index (χ0n) is 12.9. The maximum absolute atomic E-state index is 11.8. The lowest BCUT2D eigenvalue weighted by Crippen LogP contribution is -2.27. The summed E-state index contributed by atoms with van der Waals surface area (Å²) in [6.07, 6.45) is 4.09. The number of rotatable bonds is 5. The molecule has 0 fully saturated rings. The number of hydrogen-bond acceptors (Lipinski definition) is 6. The first-order chi connectivity index (χ1) is 11.4. The van der Waals surface area contributed by atoms with Gasteiger partial charge in [-0.2, -0.15) is 5.10 Å². The first kappa shape index (κ1) is 16.4. The van der Waals surface area contributed by atoms with Crippen molar-refractivity contribution >= 4 is 21.4 Å². The van der Waals surface area contributed by atoms with Crippen LogP contribution in [0.25, 0.3) is 0 Å². The van der Waals surface area contributed by atoms with Gasteiger partial charge in [-0.15, -0.1) is 0 Å². The predicted octanol–water partition coefficient (Wildman–Crippen LogP) is 1.20. The molecule has 1 unspecified atom stereocenters. The van der Waals surface area contributed by atoms with E-state index in [0.29, 0.717) is 12.1 Å². The van der Waals surface area contributed by atoms with Gasteiger partial charge in [-0.05, 0) is 44.0 Å². The summed E-state index contributed by atoms with van der Waals surface area (Å²) in [6.45, 7) is 0. The van der Waals surface area contributed by atoms with E-state index in [0.717, 1.165) is 30.2 Å². The monoisotopic (exact) mass is 351 g/mol. The number of nitrogens with one attached hydrogen (secondary N) is 3. The van der Waals surface area contributed by atoms with Gasteiger partial charge < -0.3 is 5.32 Å². The number of H-pyrrole nitrogens is 1. The van der Waals surface area contributed by atoms with Crippen LogP contribution in [0, 0.1) is 10.1 Å². The van der Waals surface area contributed by atoms with Gasteiger partial charge in [0.25, 0.3) is 5.69 Å². The molecule has 10 heteroatoms. The van der Waals surface area contributed by atoms with Gasteiger partial charge in [0.05, 0.1) is 16.0 Å². The molecule has 1 aliphatic rings. The first-order valence-electron chi connectivity index (χ1n) is 7.40. The molecule has 0 radical (unpaired) electrons. The van der Waals surface area contributed by atoms with Crippen molar-refractivity contribution in [2.75, 3.05) is 12.4 Å². The Labute approximate surface area is 138 Å². The highest BCUT2D eigenvalue weighted by atomic mass is 32.2. The van der Waals surface area contributed by atoms with Gasteiger partial charge in [-0.1, -0.05) is 0 Å². The Balaban J connectivity index is 1.87. The molecule has 9 nitrogen and oxygen atoms in total. The largest absolute Gasteiger partial charge is 0.376 e. The van der Waals surface area contributed by atoms with E-state index >= 15 is 0 Å². The molecule has 2 aromatic rings. The van der Waals surface area contributed by atoms with Crippen molar-refractivity contribution in [3.63, 3.8) is 0 Å². The second-order valence-electron chi connectivity index (χ2n) is 5.60. The molecule has 1 aliphatic carbocycles. The molecule has 3 rings (SSSR count). The molecule has 1 heterocycles. The smallest absolute Gasteiger partial charge is 0.293 e. The lowest BCUT2D eigenvalue weighted by molar-refractivity contribution is -0.384. The van der Waals surface area contributed by atoms with Crippen molar-refractivity contribution < 1.29 is 13.3 Å². The predicted molar refractivity (Wildman–Crippen MR) is 87.4 cm³/mol. The molecule has 3 N–H and O–H groups in total. The van der Waals surface area contributed by atoms with Gasteiger partial charge in [0.1, 0.15) is 5.69 Å². The van der Waals surface area contributed by atoms with Crippen molar-refractivity contribution in [3.05, 3.63) is 45.8 Å². The number of aromatic amines is 1. The van der Waals surface area contributed by atoms with Crippen LogP contribution >= 0.6 is 0 Å². The minimum Gasteiger partial charge on any atom is -0.376 e. The average Bonchev–Trinajstić information content (AvgIpc) is 3.02. The molecular formula is C14H17N5O4S. The van der Waals surface area contributed by atoms with Crippen molar-refractivity contribution in [1.29, 1.82) is 0 Å². The number of anilines is 1. The standard InChI is InChI=1S/C14H17N5O4S/c1-15-24(22,23)11-3-5-13(14(7-11)19(20)21)17-10-2-4-12-9(6-10)8-16-18-12/h3,5,7-8,10,15,17H,2,4,6H2,1H3,(H,16,18). The highest BCUT2D eigenvalue weighted by molar-refractivity contribution is 7.89. The van der Waals surface area contributed by atoms with Crippen LogP contribution in [-0.4, -0.2) is 36.6 Å². The maximum atomic E-state index is 11.8. The molecule has 24 heavy (non-hydrogen) atoms. The molecule has 0 spiro atoms. The molecule has 128 valence electrons. The summed E-state index contributed by atoms with van der Waals surface area (Å²) in [4.78, 5) is 10.6. The molecule has 0 saturated carbocycles. The summed E-state index contributed by atoms with van der Waals surface area (Å²) >= 11 is 0. The first-order valence-corrected chi connectivity index (χ1v) is 8.88. The highest BCUT2D eigenvalue weighted by Gasteiger charge is 2.24. The third-order valence-corrected chi connectivity index (χ3v) is 5.53. The van der Waals surface area contributed by atoms with Crippen LogP contribution in [0.3, 0.4) is 0 Å². The van der Waals surface area contributed by atoms with E-state index < -0.39 is 14.9 Å². The number of benzene rings is 1. The molecule has 0 aliphatic heterocycles. The van der Waals surface area contributed by atoms with Crippen molar-refractivity contribution in [2.45, 2.75) is 30.2 Å². The van der Waals surface area contributed by atoms with E-state index in [1.165, 1.54) is 19.2 Å². The minimum atomic E-state index is -3.73. The number of fused-ring (bicyclic) bond motifs is 1. The van der Waals surface area contributed by atoms with Crippen LogP contribution in [0.5, 0.6) is 0 Å². The van der Waals surface area contributed by atoms with Crippen LogP contribution in [0.2, 0.25) is 0 Å². The van der Waals surface area contributed by atoms with Crippen molar-refractivity contribution in [3.8, 4) is 0 Å². The molecular weight excluding hydrogens is 334 g/mol. The maximum Gasteiger partial charge on any atom is 0.293 e. The van der Waals surface area contributed by atoms with Crippen LogP contribution in [0.1, 0.15) is 17.7 Å². The Bertz CT molecular complexity index is 877. The van der Waals surface area contributed by atoms with Gasteiger partial charge in [0, 0.05) is 17.8 Å². The van der Waals surface area contributed by atoms with Gasteiger partial charge in [0.2, 0.25) is 10.0 Å². The van der Waals surface area contributed by atoms with Gasteiger partial charge in [-0.3, -0.25) is 15.2 Å². The lowest BCUT2D eigenvalue weighted by atomic mass is 9.93. The van der Waals surface area contributed by atoms with Gasteiger partial charge >= 0.3 is 0 Å². The van der Waals surface area contributed by atoms with Crippen LogP contribution in [-0.2, 0) is 22.9 Å². The quantitative estimate of drug-likeness (QED) is 0.548. The zero-order valence-corrected chi connectivity index (χ0v) is 13.8. The molecule has 1 aromatic carbocycles. The third-order valence-electron chi connectivity index (χ3n) is 4.12. The third kappa shape index (κ3) is 3.10. The molecule has 0 amide bonds. The van der Waals surface area contributed by atoms with E-state index in [4.69, 9.17) is 0 Å². The van der Waals surface area contributed by atoms with Crippen LogP contribution < -0.4 is 10.0 Å². The topological polar surface area (TPSA) is 130 Å². The summed E-state index contributed by atoms with van der Waals surface area (Å²) in [6, 6.07) is 3.89. The van der Waals surface area contributed by atoms with Gasteiger partial charge in [-0.25, -0.2) is 13.1 Å². The molecule has 1 aromatic heterocycles. The Morgan fingerprint density at radius 1 is 1.42 bits per heavy atom. The second kappa shape index (κ2) is 6.21. The minimum absolute atomic E-state index is 0.0283. The Hall–Kier alpha value is -2.46. The average molecular weight is 351 g/mol. The van der Waals surface area contributed by atoms with Crippen LogP contribution in [0.15, 0.2) is 29.3 Å². The Kier molecular flexibility index (Phi) is 4.24. The fourth-order valence-corrected chi connectivity index (χ4v) is 3.58.